The Morgan fingerprint density at radius 1 is 1.29 bits per heavy atom. The first-order valence-corrected chi connectivity index (χ1v) is 8.36. The molecule has 0 aliphatic carbocycles. The van der Waals surface area contributed by atoms with Crippen LogP contribution in [0.5, 0.6) is 0 Å². The van der Waals surface area contributed by atoms with Gasteiger partial charge < -0.3 is 15.2 Å². The summed E-state index contributed by atoms with van der Waals surface area (Å²) in [6.07, 6.45) is 4.90. The number of hydrogen-bond acceptors (Lipinski definition) is 2. The largest absolute Gasteiger partial charge is 0.328 e. The van der Waals surface area contributed by atoms with E-state index in [0.717, 1.165) is 24.3 Å². The van der Waals surface area contributed by atoms with Crippen molar-refractivity contribution in [3.8, 4) is 0 Å². The Labute approximate surface area is 159 Å². The van der Waals surface area contributed by atoms with Crippen LogP contribution in [0.15, 0.2) is 59.5 Å². The van der Waals surface area contributed by atoms with Crippen LogP contribution in [-0.2, 0) is 0 Å². The minimum Gasteiger partial charge on any atom is -0.328 e. The number of rotatable bonds is 5. The highest BCUT2D eigenvalue weighted by Crippen LogP contribution is 2.27. The highest BCUT2D eigenvalue weighted by molar-refractivity contribution is 5.86. The number of nitrogens with one attached hydrogen (secondary N) is 2. The number of aromatic amines is 1. The Morgan fingerprint density at radius 3 is 2.50 bits per heavy atom. The van der Waals surface area contributed by atoms with Crippen molar-refractivity contribution in [3.05, 3.63) is 82.2 Å². The van der Waals surface area contributed by atoms with E-state index in [2.05, 4.69) is 16.9 Å². The molecule has 0 bridgehead atoms. The maximum absolute atomic E-state index is 13.7. The number of halogens is 3. The molecular formula is C20H20F3N3O2. The van der Waals surface area contributed by atoms with E-state index in [0.29, 0.717) is 5.56 Å². The lowest BCUT2D eigenvalue weighted by Crippen LogP contribution is -2.38. The molecule has 8 heteroatoms. The number of nitrogens with zero attached hydrogens (tertiary/aromatic N) is 1. The number of urea groups is 1. The molecule has 1 aromatic heterocycles. The van der Waals surface area contributed by atoms with Crippen LogP contribution in [0.25, 0.3) is 10.8 Å². The van der Waals surface area contributed by atoms with Crippen molar-refractivity contribution in [3.63, 3.8) is 0 Å². The Balaban J connectivity index is 2.34. The summed E-state index contributed by atoms with van der Waals surface area (Å²) in [5.74, 6) is -2.81. The van der Waals surface area contributed by atoms with Crippen LogP contribution in [0.3, 0.4) is 0 Å². The molecule has 0 saturated heterocycles. The van der Waals surface area contributed by atoms with Gasteiger partial charge in [0.1, 0.15) is 5.83 Å². The van der Waals surface area contributed by atoms with E-state index in [1.807, 2.05) is 0 Å². The van der Waals surface area contributed by atoms with Crippen LogP contribution in [-0.4, -0.2) is 23.0 Å². The molecule has 148 valence electrons. The number of fused-ring (bicyclic) bond motifs is 1. The standard InChI is InChI=1S/C20H20F3N3O2/c1-5-6-13(21)7-11(2)25-20(28)26(4)12(3)16-10-24-19(27)15-9-18(23)17(22)8-14(15)16/h5-10,12H,1H2,2-4H3,(H,24,27)(H,25,28)/b11-7+,13-6+. The smallest absolute Gasteiger partial charge is 0.321 e. The van der Waals surface area contributed by atoms with Gasteiger partial charge in [-0.3, -0.25) is 4.79 Å². The fourth-order valence-electron chi connectivity index (χ4n) is 2.66. The quantitative estimate of drug-likeness (QED) is 0.740. The number of pyridine rings is 1. The zero-order valence-electron chi connectivity index (χ0n) is 15.6. The molecule has 0 aliphatic heterocycles. The second-order valence-corrected chi connectivity index (χ2v) is 6.22. The number of H-pyrrole nitrogens is 1. The van der Waals surface area contributed by atoms with Gasteiger partial charge in [0.25, 0.3) is 5.56 Å². The number of aromatic nitrogens is 1. The molecule has 1 heterocycles. The maximum atomic E-state index is 13.7. The van der Waals surface area contributed by atoms with Crippen LogP contribution < -0.4 is 10.9 Å². The van der Waals surface area contributed by atoms with E-state index in [9.17, 15) is 22.8 Å². The number of allylic oxidation sites excluding steroid dienone is 5. The average molecular weight is 391 g/mol. The van der Waals surface area contributed by atoms with E-state index in [-0.39, 0.29) is 16.5 Å². The maximum Gasteiger partial charge on any atom is 0.321 e. The van der Waals surface area contributed by atoms with Crippen molar-refractivity contribution in [2.24, 2.45) is 0 Å². The summed E-state index contributed by atoms with van der Waals surface area (Å²) < 4.78 is 40.7. The predicted octanol–water partition coefficient (Wildman–Crippen LogP) is 4.45. The molecule has 0 aliphatic rings. The zero-order valence-corrected chi connectivity index (χ0v) is 15.6. The number of benzene rings is 1. The van der Waals surface area contributed by atoms with Crippen molar-refractivity contribution in [2.45, 2.75) is 19.9 Å². The normalized spacial score (nSPS) is 13.4. The van der Waals surface area contributed by atoms with E-state index in [1.165, 1.54) is 31.1 Å². The van der Waals surface area contributed by atoms with Crippen LogP contribution in [0.1, 0.15) is 25.5 Å². The van der Waals surface area contributed by atoms with Gasteiger partial charge in [0.2, 0.25) is 0 Å². The number of hydrogen-bond donors (Lipinski definition) is 2. The molecular weight excluding hydrogens is 371 g/mol. The lowest BCUT2D eigenvalue weighted by Gasteiger charge is -2.26. The van der Waals surface area contributed by atoms with Crippen LogP contribution in [0.2, 0.25) is 0 Å². The molecule has 2 amide bonds. The minimum atomic E-state index is -1.13. The van der Waals surface area contributed by atoms with E-state index < -0.39 is 35.1 Å². The van der Waals surface area contributed by atoms with Gasteiger partial charge in [-0.05, 0) is 49.1 Å². The van der Waals surface area contributed by atoms with Gasteiger partial charge in [0.15, 0.2) is 11.6 Å². The van der Waals surface area contributed by atoms with Gasteiger partial charge in [-0.1, -0.05) is 12.7 Å². The zero-order chi connectivity index (χ0) is 21.0. The highest BCUT2D eigenvalue weighted by atomic mass is 19.2. The third-order valence-electron chi connectivity index (χ3n) is 4.26. The van der Waals surface area contributed by atoms with Gasteiger partial charge in [0, 0.05) is 18.9 Å². The SMILES string of the molecule is C=C/C=C(F)\C=C(/C)NC(=O)N(C)C(C)c1c[nH]c(=O)c2cc(F)c(F)cc12. The van der Waals surface area contributed by atoms with E-state index in [1.54, 1.807) is 6.92 Å². The monoisotopic (exact) mass is 391 g/mol. The molecule has 0 radical (unpaired) electrons. The third kappa shape index (κ3) is 4.51. The second-order valence-electron chi connectivity index (χ2n) is 6.22. The van der Waals surface area contributed by atoms with Gasteiger partial charge in [-0.25, -0.2) is 18.0 Å². The first kappa shape index (κ1) is 21.0. The Hall–Kier alpha value is -3.29. The fourth-order valence-corrected chi connectivity index (χ4v) is 2.66. The topological polar surface area (TPSA) is 65.2 Å². The van der Waals surface area contributed by atoms with Gasteiger partial charge in [-0.15, -0.1) is 0 Å². The molecule has 0 spiro atoms. The summed E-state index contributed by atoms with van der Waals surface area (Å²) in [5.41, 5.74) is 0.116. The Morgan fingerprint density at radius 2 is 1.89 bits per heavy atom. The molecule has 1 unspecified atom stereocenters. The molecule has 5 nitrogen and oxygen atoms in total. The predicted molar refractivity (Wildman–Crippen MR) is 102 cm³/mol. The lowest BCUT2D eigenvalue weighted by atomic mass is 10.0. The van der Waals surface area contributed by atoms with Crippen molar-refractivity contribution in [1.29, 1.82) is 0 Å². The summed E-state index contributed by atoms with van der Waals surface area (Å²) in [5, 5.41) is 2.70. The summed E-state index contributed by atoms with van der Waals surface area (Å²) in [6, 6.07) is 0.597. The van der Waals surface area contributed by atoms with Crippen LogP contribution in [0.4, 0.5) is 18.0 Å². The Kier molecular flexibility index (Phi) is 6.45. The lowest BCUT2D eigenvalue weighted by molar-refractivity contribution is 0.197. The fraction of sp³-hybridized carbons (Fsp3) is 0.200. The van der Waals surface area contributed by atoms with Crippen molar-refractivity contribution in [1.82, 2.24) is 15.2 Å². The number of amides is 2. The Bertz CT molecular complexity index is 1040. The molecule has 0 saturated carbocycles. The molecule has 2 aromatic rings. The van der Waals surface area contributed by atoms with Gasteiger partial charge in [0.05, 0.1) is 11.4 Å². The molecule has 28 heavy (non-hydrogen) atoms. The van der Waals surface area contributed by atoms with Gasteiger partial charge in [-0.2, -0.15) is 0 Å². The summed E-state index contributed by atoms with van der Waals surface area (Å²) in [6.45, 7) is 6.55. The van der Waals surface area contributed by atoms with Crippen molar-refractivity contribution in [2.75, 3.05) is 7.05 Å². The van der Waals surface area contributed by atoms with Crippen LogP contribution >= 0.6 is 0 Å². The molecule has 2 N–H and O–H groups in total. The summed E-state index contributed by atoms with van der Waals surface area (Å²) >= 11 is 0. The third-order valence-corrected chi connectivity index (χ3v) is 4.26. The average Bonchev–Trinajstić information content (AvgIpc) is 2.62. The summed E-state index contributed by atoms with van der Waals surface area (Å²) in [4.78, 5) is 28.1. The molecule has 0 fully saturated rings. The van der Waals surface area contributed by atoms with E-state index >= 15 is 0 Å². The first-order chi connectivity index (χ1) is 13.1. The molecule has 1 aromatic carbocycles. The molecule has 2 rings (SSSR count). The number of carbonyl (C=O) groups excluding carboxylic acids is 1. The van der Waals surface area contributed by atoms with Gasteiger partial charge >= 0.3 is 6.03 Å². The minimum absolute atomic E-state index is 0.0234. The van der Waals surface area contributed by atoms with Crippen molar-refractivity contribution < 1.29 is 18.0 Å². The number of carbonyl (C=O) groups is 1. The molecule has 1 atom stereocenters. The van der Waals surface area contributed by atoms with Crippen LogP contribution in [0, 0.1) is 11.6 Å². The summed E-state index contributed by atoms with van der Waals surface area (Å²) in [7, 11) is 1.49. The van der Waals surface area contributed by atoms with Crippen molar-refractivity contribution >= 4 is 16.8 Å². The van der Waals surface area contributed by atoms with E-state index in [4.69, 9.17) is 0 Å². The second kappa shape index (κ2) is 8.60. The first-order valence-electron chi connectivity index (χ1n) is 8.36. The highest BCUT2D eigenvalue weighted by Gasteiger charge is 2.21.